The maximum atomic E-state index is 14.4. The fourth-order valence-corrected chi connectivity index (χ4v) is 5.50. The number of aromatic nitrogens is 4. The number of benzene rings is 1. The Balaban J connectivity index is 1.35. The molecule has 1 aromatic carbocycles. The van der Waals surface area contributed by atoms with Gasteiger partial charge in [-0.2, -0.15) is 22.7 Å². The summed E-state index contributed by atoms with van der Waals surface area (Å²) in [6, 6.07) is 3.54. The van der Waals surface area contributed by atoms with Crippen LogP contribution in [0.3, 0.4) is 0 Å². The number of fused-ring (bicyclic) bond motifs is 1. The predicted molar refractivity (Wildman–Crippen MR) is 145 cm³/mol. The quantitative estimate of drug-likeness (QED) is 0.394. The third-order valence-electron chi connectivity index (χ3n) is 7.68. The number of amides is 2. The van der Waals surface area contributed by atoms with Crippen LogP contribution in [0.5, 0.6) is 0 Å². The summed E-state index contributed by atoms with van der Waals surface area (Å²) in [6.45, 7) is 2.49. The van der Waals surface area contributed by atoms with Crippen LogP contribution >= 0.6 is 11.6 Å². The molecule has 220 valence electrons. The lowest BCUT2D eigenvalue weighted by Crippen LogP contribution is -2.49. The Morgan fingerprint density at radius 1 is 1.17 bits per heavy atom. The van der Waals surface area contributed by atoms with Crippen LogP contribution in [-0.4, -0.2) is 74.6 Å². The highest BCUT2D eigenvalue weighted by molar-refractivity contribution is 6.28. The van der Waals surface area contributed by atoms with Crippen LogP contribution in [0.2, 0.25) is 5.28 Å². The van der Waals surface area contributed by atoms with Crippen molar-refractivity contribution in [3.05, 3.63) is 47.0 Å². The second-order valence-electron chi connectivity index (χ2n) is 10.6. The molecule has 2 amide bonds. The Hall–Kier alpha value is -3.45. The van der Waals surface area contributed by atoms with Crippen molar-refractivity contribution in [3.63, 3.8) is 0 Å². The van der Waals surface area contributed by atoms with E-state index in [0.29, 0.717) is 36.5 Å². The van der Waals surface area contributed by atoms with Crippen molar-refractivity contribution >= 4 is 40.6 Å². The number of carbonyl (C=O) groups is 2. The van der Waals surface area contributed by atoms with E-state index in [4.69, 9.17) is 16.3 Å². The average molecular weight is 594 g/mol. The SMILES string of the molecule is CO[C@@H](C)c1c(Nc2ccc([C@H](N(C)C(=O)C3CCCN(C(=O)C4CC4)C3)C(F)(F)F)cc2)cnc2nc(Cl)nn12. The van der Waals surface area contributed by atoms with Gasteiger partial charge in [0.05, 0.1) is 29.6 Å². The third kappa shape index (κ3) is 6.10. The molecule has 1 saturated carbocycles. The number of likely N-dealkylation sites (tertiary alicyclic amines) is 1. The number of alkyl halides is 3. The highest BCUT2D eigenvalue weighted by Gasteiger charge is 2.47. The molecule has 1 aliphatic heterocycles. The minimum atomic E-state index is -4.71. The smallest absolute Gasteiger partial charge is 0.375 e. The summed E-state index contributed by atoms with van der Waals surface area (Å²) in [5.74, 6) is -1.02. The molecule has 1 saturated heterocycles. The zero-order valence-electron chi connectivity index (χ0n) is 22.9. The number of hydrogen-bond donors (Lipinski definition) is 1. The topological polar surface area (TPSA) is 105 Å². The highest BCUT2D eigenvalue weighted by Crippen LogP contribution is 2.39. The van der Waals surface area contributed by atoms with Gasteiger partial charge in [0.25, 0.3) is 5.78 Å². The van der Waals surface area contributed by atoms with Crippen molar-refractivity contribution in [2.75, 3.05) is 32.6 Å². The Kier molecular flexibility index (Phi) is 8.11. The number of ether oxygens (including phenoxy) is 1. The summed E-state index contributed by atoms with van der Waals surface area (Å²) in [4.78, 5) is 36.5. The third-order valence-corrected chi connectivity index (χ3v) is 7.84. The summed E-state index contributed by atoms with van der Waals surface area (Å²) in [7, 11) is 2.70. The summed E-state index contributed by atoms with van der Waals surface area (Å²) in [6.07, 6.45) is -0.924. The number of nitrogens with zero attached hydrogens (tertiary/aromatic N) is 6. The minimum absolute atomic E-state index is 0.00266. The van der Waals surface area contributed by atoms with Gasteiger partial charge in [0.15, 0.2) is 6.04 Å². The fourth-order valence-electron chi connectivity index (χ4n) is 5.35. The van der Waals surface area contributed by atoms with Gasteiger partial charge in [-0.15, -0.1) is 5.10 Å². The van der Waals surface area contributed by atoms with Crippen molar-refractivity contribution in [2.45, 2.75) is 50.9 Å². The predicted octanol–water partition coefficient (Wildman–Crippen LogP) is 4.94. The second-order valence-corrected chi connectivity index (χ2v) is 10.9. The first kappa shape index (κ1) is 29.1. The molecule has 5 rings (SSSR count). The monoisotopic (exact) mass is 593 g/mol. The Morgan fingerprint density at radius 2 is 1.88 bits per heavy atom. The van der Waals surface area contributed by atoms with Crippen molar-refractivity contribution in [3.8, 4) is 0 Å². The first-order valence-electron chi connectivity index (χ1n) is 13.4. The van der Waals surface area contributed by atoms with Crippen LogP contribution in [0.25, 0.3) is 5.78 Å². The first-order chi connectivity index (χ1) is 19.5. The van der Waals surface area contributed by atoms with E-state index in [9.17, 15) is 22.8 Å². The molecule has 2 fully saturated rings. The van der Waals surface area contributed by atoms with Crippen LogP contribution in [0.1, 0.15) is 56.0 Å². The number of hydrogen-bond acceptors (Lipinski definition) is 7. The molecule has 2 aliphatic rings. The van der Waals surface area contributed by atoms with Gasteiger partial charge in [-0.25, -0.2) is 4.98 Å². The highest BCUT2D eigenvalue weighted by atomic mass is 35.5. The van der Waals surface area contributed by atoms with Gasteiger partial charge >= 0.3 is 6.18 Å². The van der Waals surface area contributed by atoms with Gasteiger partial charge in [-0.05, 0) is 61.9 Å². The normalized spacial score (nSPS) is 19.2. The summed E-state index contributed by atoms with van der Waals surface area (Å²) < 4.78 is 50.0. The molecule has 3 atom stereocenters. The van der Waals surface area contributed by atoms with Crippen molar-refractivity contribution in [2.24, 2.45) is 11.8 Å². The van der Waals surface area contributed by atoms with Crippen LogP contribution in [0.4, 0.5) is 24.5 Å². The number of nitrogens with one attached hydrogen (secondary N) is 1. The van der Waals surface area contributed by atoms with E-state index in [2.05, 4.69) is 20.4 Å². The first-order valence-corrected chi connectivity index (χ1v) is 13.8. The molecule has 0 spiro atoms. The van der Waals surface area contributed by atoms with Crippen LogP contribution in [0.15, 0.2) is 30.5 Å². The largest absolute Gasteiger partial charge is 0.413 e. The summed E-state index contributed by atoms with van der Waals surface area (Å²) in [5, 5.41) is 7.32. The second kappa shape index (κ2) is 11.4. The molecular formula is C27H31ClF3N7O3. The zero-order chi connectivity index (χ0) is 29.5. The van der Waals surface area contributed by atoms with Crippen molar-refractivity contribution < 1.29 is 27.5 Å². The zero-order valence-corrected chi connectivity index (χ0v) is 23.6. The molecule has 0 bridgehead atoms. The van der Waals surface area contributed by atoms with E-state index >= 15 is 0 Å². The molecule has 2 aromatic heterocycles. The molecule has 14 heteroatoms. The molecule has 3 heterocycles. The lowest BCUT2D eigenvalue weighted by atomic mass is 9.94. The van der Waals surface area contributed by atoms with Crippen molar-refractivity contribution in [1.82, 2.24) is 29.4 Å². The fraction of sp³-hybridized carbons (Fsp3) is 0.519. The minimum Gasteiger partial charge on any atom is -0.375 e. The number of halogens is 4. The molecule has 1 N–H and O–H groups in total. The molecule has 3 aromatic rings. The number of piperidine rings is 1. The molecule has 10 nitrogen and oxygen atoms in total. The standard InChI is InChI=1S/C27H31ClF3N7O3/c1-15(41-3)21-20(13-32-26-34-25(28)35-38(21)26)33-19-10-8-16(9-11-19)22(27(29,30)31)36(2)23(39)18-5-4-12-37(14-18)24(40)17-6-7-17/h8-11,13,15,17-18,22,33H,4-7,12,14H2,1-3H3/t15-,18?,22-/m0/s1. The van der Waals surface area contributed by atoms with E-state index in [1.165, 1.54) is 49.1 Å². The van der Waals surface area contributed by atoms with Gasteiger partial charge in [0.2, 0.25) is 17.1 Å². The van der Waals surface area contributed by atoms with E-state index in [1.807, 2.05) is 0 Å². The van der Waals surface area contributed by atoms with Crippen LogP contribution in [0, 0.1) is 11.8 Å². The molecule has 1 aliphatic carbocycles. The van der Waals surface area contributed by atoms with Crippen LogP contribution < -0.4 is 5.32 Å². The molecule has 41 heavy (non-hydrogen) atoms. The maximum absolute atomic E-state index is 14.4. The Bertz CT molecular complexity index is 1430. The molecule has 0 radical (unpaired) electrons. The van der Waals surface area contributed by atoms with E-state index in [0.717, 1.165) is 17.7 Å². The van der Waals surface area contributed by atoms with E-state index < -0.39 is 30.1 Å². The maximum Gasteiger partial charge on any atom is 0.413 e. The Morgan fingerprint density at radius 3 is 2.51 bits per heavy atom. The average Bonchev–Trinajstić information content (AvgIpc) is 3.72. The van der Waals surface area contributed by atoms with Gasteiger partial charge in [0, 0.05) is 38.9 Å². The van der Waals surface area contributed by atoms with Gasteiger partial charge in [-0.3, -0.25) is 9.59 Å². The van der Waals surface area contributed by atoms with Gasteiger partial charge in [-0.1, -0.05) is 12.1 Å². The number of anilines is 2. The lowest BCUT2D eigenvalue weighted by Gasteiger charge is -2.37. The Labute approximate surface area is 239 Å². The molecular weight excluding hydrogens is 563 g/mol. The van der Waals surface area contributed by atoms with E-state index in [1.54, 1.807) is 11.8 Å². The molecule has 1 unspecified atom stereocenters. The van der Waals surface area contributed by atoms with E-state index in [-0.39, 0.29) is 35.0 Å². The van der Waals surface area contributed by atoms with Gasteiger partial charge in [0.1, 0.15) is 0 Å². The summed E-state index contributed by atoms with van der Waals surface area (Å²) in [5.41, 5.74) is 1.48. The summed E-state index contributed by atoms with van der Waals surface area (Å²) >= 11 is 5.95. The number of carbonyl (C=O) groups excluding carboxylic acids is 2. The number of methoxy groups -OCH3 is 1. The van der Waals surface area contributed by atoms with Crippen molar-refractivity contribution in [1.29, 1.82) is 0 Å². The lowest BCUT2D eigenvalue weighted by molar-refractivity contribution is -0.191. The number of rotatable bonds is 8. The van der Waals surface area contributed by atoms with Gasteiger partial charge < -0.3 is 19.9 Å². The van der Waals surface area contributed by atoms with Crippen LogP contribution in [-0.2, 0) is 14.3 Å².